The van der Waals surface area contributed by atoms with Gasteiger partial charge in [0.05, 0.1) is 19.2 Å². The minimum absolute atomic E-state index is 0.301. The van der Waals surface area contributed by atoms with Gasteiger partial charge in [0.15, 0.2) is 0 Å². The first-order valence-electron chi connectivity index (χ1n) is 5.06. The van der Waals surface area contributed by atoms with Crippen molar-refractivity contribution in [3.05, 3.63) is 22.7 Å². The van der Waals surface area contributed by atoms with Crippen LogP contribution in [-0.4, -0.2) is 30.1 Å². The van der Waals surface area contributed by atoms with Crippen molar-refractivity contribution in [1.82, 2.24) is 0 Å². The van der Waals surface area contributed by atoms with Crippen molar-refractivity contribution in [3.63, 3.8) is 0 Å². The second-order valence-corrected chi connectivity index (χ2v) is 4.46. The van der Waals surface area contributed by atoms with E-state index >= 15 is 0 Å². The Labute approximate surface area is 112 Å². The predicted octanol–water partition coefficient (Wildman–Crippen LogP) is 1.20. The van der Waals surface area contributed by atoms with Gasteiger partial charge in [-0.1, -0.05) is 15.9 Å². The van der Waals surface area contributed by atoms with Crippen LogP contribution in [0.1, 0.15) is 6.42 Å². The molecule has 1 aromatic carbocycles. The van der Waals surface area contributed by atoms with Gasteiger partial charge in [0.2, 0.25) is 5.91 Å². The van der Waals surface area contributed by atoms with Gasteiger partial charge in [-0.15, -0.1) is 0 Å². The number of nitrogens with one attached hydrogen (secondary N) is 1. The molecule has 98 valence electrons. The third kappa shape index (κ3) is 4.01. The molecule has 0 saturated heterocycles. The van der Waals surface area contributed by atoms with Crippen molar-refractivity contribution in [2.24, 2.45) is 5.73 Å². The number of carboxylic acids is 1. The fraction of sp³-hybridized carbons (Fsp3) is 0.273. The summed E-state index contributed by atoms with van der Waals surface area (Å²) in [5.41, 5.74) is 5.72. The molecule has 0 aliphatic heterocycles. The van der Waals surface area contributed by atoms with Gasteiger partial charge in [-0.05, 0) is 18.2 Å². The molecule has 7 heteroatoms. The molecule has 1 unspecified atom stereocenters. The highest BCUT2D eigenvalue weighted by atomic mass is 79.9. The molecule has 0 aromatic heterocycles. The van der Waals surface area contributed by atoms with E-state index in [1.54, 1.807) is 18.2 Å². The highest BCUT2D eigenvalue weighted by Gasteiger charge is 2.17. The van der Waals surface area contributed by atoms with Crippen molar-refractivity contribution in [2.45, 2.75) is 12.5 Å². The van der Waals surface area contributed by atoms with E-state index in [-0.39, 0.29) is 6.42 Å². The van der Waals surface area contributed by atoms with Gasteiger partial charge < -0.3 is 20.9 Å². The SMILES string of the molecule is COc1ccc(Br)cc1NC(=O)CC(N)C(=O)O. The topological polar surface area (TPSA) is 102 Å². The summed E-state index contributed by atoms with van der Waals surface area (Å²) in [7, 11) is 1.47. The summed E-state index contributed by atoms with van der Waals surface area (Å²) in [6.45, 7) is 0. The van der Waals surface area contributed by atoms with Gasteiger partial charge in [0.1, 0.15) is 11.8 Å². The fourth-order valence-electron chi connectivity index (χ4n) is 1.27. The molecule has 1 rings (SSSR count). The molecular formula is C11H13BrN2O4. The molecule has 0 radical (unpaired) electrons. The smallest absolute Gasteiger partial charge is 0.321 e. The normalized spacial score (nSPS) is 11.7. The Morgan fingerprint density at radius 3 is 2.78 bits per heavy atom. The van der Waals surface area contributed by atoms with Crippen LogP contribution in [0.2, 0.25) is 0 Å². The maximum absolute atomic E-state index is 11.6. The molecule has 6 nitrogen and oxygen atoms in total. The van der Waals surface area contributed by atoms with Crippen LogP contribution in [0.5, 0.6) is 5.75 Å². The van der Waals surface area contributed by atoms with Crippen molar-refractivity contribution >= 4 is 33.5 Å². The minimum Gasteiger partial charge on any atom is -0.495 e. The number of hydrogen-bond acceptors (Lipinski definition) is 4. The molecular weight excluding hydrogens is 304 g/mol. The zero-order valence-electron chi connectivity index (χ0n) is 9.64. The van der Waals surface area contributed by atoms with Crippen LogP contribution >= 0.6 is 15.9 Å². The number of halogens is 1. The Hall–Kier alpha value is -1.60. The van der Waals surface area contributed by atoms with Crippen LogP contribution in [0.4, 0.5) is 5.69 Å². The number of carbonyl (C=O) groups is 2. The van der Waals surface area contributed by atoms with Crippen LogP contribution in [-0.2, 0) is 9.59 Å². The van der Waals surface area contributed by atoms with Crippen molar-refractivity contribution in [3.8, 4) is 5.75 Å². The third-order valence-corrected chi connectivity index (χ3v) is 2.65. The van der Waals surface area contributed by atoms with E-state index in [2.05, 4.69) is 21.2 Å². The van der Waals surface area contributed by atoms with Gasteiger partial charge in [-0.2, -0.15) is 0 Å². The lowest BCUT2D eigenvalue weighted by atomic mass is 10.2. The molecule has 0 aliphatic carbocycles. The molecule has 0 fully saturated rings. The van der Waals surface area contributed by atoms with Gasteiger partial charge in [0, 0.05) is 4.47 Å². The number of ether oxygens (including phenoxy) is 1. The standard InChI is InChI=1S/C11H13BrN2O4/c1-18-9-3-2-6(12)4-8(9)14-10(15)5-7(13)11(16)17/h2-4,7H,5,13H2,1H3,(H,14,15)(H,16,17). The van der Waals surface area contributed by atoms with Gasteiger partial charge in [-0.3, -0.25) is 9.59 Å². The molecule has 1 atom stereocenters. The summed E-state index contributed by atoms with van der Waals surface area (Å²) in [4.78, 5) is 22.1. The molecule has 1 amide bonds. The molecule has 18 heavy (non-hydrogen) atoms. The first-order chi connectivity index (χ1) is 8.43. The number of aliphatic carboxylic acids is 1. The maximum Gasteiger partial charge on any atom is 0.321 e. The molecule has 0 spiro atoms. The highest BCUT2D eigenvalue weighted by Crippen LogP contribution is 2.27. The quantitative estimate of drug-likeness (QED) is 0.757. The van der Waals surface area contributed by atoms with Crippen LogP contribution in [0.25, 0.3) is 0 Å². The van der Waals surface area contributed by atoms with E-state index in [0.717, 1.165) is 4.47 Å². The summed E-state index contributed by atoms with van der Waals surface area (Å²) < 4.78 is 5.84. The molecule has 1 aromatic rings. The Kier molecular flexibility index (Phi) is 5.11. The monoisotopic (exact) mass is 316 g/mol. The summed E-state index contributed by atoms with van der Waals surface area (Å²) >= 11 is 3.26. The minimum atomic E-state index is -1.22. The van der Waals surface area contributed by atoms with E-state index in [1.807, 2.05) is 0 Å². The van der Waals surface area contributed by atoms with E-state index in [9.17, 15) is 9.59 Å². The average Bonchev–Trinajstić information content (AvgIpc) is 2.28. The molecule has 0 saturated carbocycles. The molecule has 0 heterocycles. The molecule has 0 aliphatic rings. The lowest BCUT2D eigenvalue weighted by molar-refractivity contribution is -0.140. The fourth-order valence-corrected chi connectivity index (χ4v) is 1.63. The molecule has 0 bridgehead atoms. The van der Waals surface area contributed by atoms with Crippen molar-refractivity contribution < 1.29 is 19.4 Å². The average molecular weight is 317 g/mol. The first-order valence-corrected chi connectivity index (χ1v) is 5.85. The summed E-state index contributed by atoms with van der Waals surface area (Å²) in [6, 6.07) is 3.88. The van der Waals surface area contributed by atoms with Crippen LogP contribution < -0.4 is 15.8 Å². The summed E-state index contributed by atoms with van der Waals surface area (Å²) in [5.74, 6) is -1.22. The van der Waals surface area contributed by atoms with Gasteiger partial charge >= 0.3 is 5.97 Å². The maximum atomic E-state index is 11.6. The van der Waals surface area contributed by atoms with Crippen LogP contribution in [0.3, 0.4) is 0 Å². The summed E-state index contributed by atoms with van der Waals surface area (Å²) in [5, 5.41) is 11.2. The Bertz CT molecular complexity index is 464. The zero-order chi connectivity index (χ0) is 13.7. The highest BCUT2D eigenvalue weighted by molar-refractivity contribution is 9.10. The summed E-state index contributed by atoms with van der Waals surface area (Å²) in [6.07, 6.45) is -0.301. The number of benzene rings is 1. The number of carbonyl (C=O) groups excluding carboxylic acids is 1. The lowest BCUT2D eigenvalue weighted by Crippen LogP contribution is -2.34. The van der Waals surface area contributed by atoms with E-state index < -0.39 is 17.9 Å². The number of rotatable bonds is 5. The Morgan fingerprint density at radius 2 is 2.22 bits per heavy atom. The second kappa shape index (κ2) is 6.36. The number of carboxylic acid groups (broad SMARTS) is 1. The Morgan fingerprint density at radius 1 is 1.56 bits per heavy atom. The number of amides is 1. The van der Waals surface area contributed by atoms with Crippen LogP contribution in [0.15, 0.2) is 22.7 Å². The number of nitrogens with two attached hydrogens (primary N) is 1. The Balaban J connectivity index is 2.75. The van der Waals surface area contributed by atoms with E-state index in [1.165, 1.54) is 7.11 Å². The first kappa shape index (κ1) is 14.5. The van der Waals surface area contributed by atoms with Gasteiger partial charge in [-0.25, -0.2) is 0 Å². The largest absolute Gasteiger partial charge is 0.495 e. The molecule has 4 N–H and O–H groups in total. The lowest BCUT2D eigenvalue weighted by Gasteiger charge is -2.11. The number of hydrogen-bond donors (Lipinski definition) is 3. The number of anilines is 1. The predicted molar refractivity (Wildman–Crippen MR) is 69.6 cm³/mol. The van der Waals surface area contributed by atoms with Crippen molar-refractivity contribution in [1.29, 1.82) is 0 Å². The van der Waals surface area contributed by atoms with Crippen LogP contribution in [0, 0.1) is 0 Å². The second-order valence-electron chi connectivity index (χ2n) is 3.54. The van der Waals surface area contributed by atoms with E-state index in [4.69, 9.17) is 15.6 Å². The number of methoxy groups -OCH3 is 1. The van der Waals surface area contributed by atoms with Crippen molar-refractivity contribution in [2.75, 3.05) is 12.4 Å². The van der Waals surface area contributed by atoms with E-state index in [0.29, 0.717) is 11.4 Å². The zero-order valence-corrected chi connectivity index (χ0v) is 11.2. The third-order valence-electron chi connectivity index (χ3n) is 2.16. The van der Waals surface area contributed by atoms with Gasteiger partial charge in [0.25, 0.3) is 0 Å².